The second-order valence-corrected chi connectivity index (χ2v) is 5.47. The molecule has 0 bridgehead atoms. The summed E-state index contributed by atoms with van der Waals surface area (Å²) in [5.74, 6) is 0.776. The van der Waals surface area contributed by atoms with Crippen molar-refractivity contribution in [3.05, 3.63) is 29.8 Å². The van der Waals surface area contributed by atoms with Crippen LogP contribution in [0.15, 0.2) is 24.3 Å². The van der Waals surface area contributed by atoms with Crippen molar-refractivity contribution in [3.8, 4) is 5.75 Å². The molecule has 0 N–H and O–H groups in total. The van der Waals surface area contributed by atoms with Gasteiger partial charge < -0.3 is 4.74 Å². The normalized spacial score (nSPS) is 11.9. The first-order chi connectivity index (χ1) is 6.39. The molecule has 1 aromatic rings. The van der Waals surface area contributed by atoms with E-state index in [0.29, 0.717) is 5.56 Å². The van der Waals surface area contributed by atoms with Crippen LogP contribution in [-0.2, 0) is 3.79 Å². The van der Waals surface area contributed by atoms with E-state index in [1.807, 2.05) is 13.8 Å². The molecule has 0 aromatic heterocycles. The zero-order chi connectivity index (χ0) is 10.8. The summed E-state index contributed by atoms with van der Waals surface area (Å²) in [6, 6.07) is 7.06. The molecular weight excluding hydrogens is 242 g/mol. The van der Waals surface area contributed by atoms with Crippen LogP contribution >= 0.6 is 34.8 Å². The number of benzene rings is 1. The van der Waals surface area contributed by atoms with Crippen molar-refractivity contribution < 1.29 is 4.74 Å². The summed E-state index contributed by atoms with van der Waals surface area (Å²) in [5, 5.41) is 0. The van der Waals surface area contributed by atoms with E-state index in [0.717, 1.165) is 5.75 Å². The van der Waals surface area contributed by atoms with Gasteiger partial charge in [-0.05, 0) is 26.0 Å². The molecule has 0 saturated heterocycles. The summed E-state index contributed by atoms with van der Waals surface area (Å²) in [6.45, 7) is 3.92. The second kappa shape index (κ2) is 4.61. The van der Waals surface area contributed by atoms with Crippen molar-refractivity contribution in [2.45, 2.75) is 23.7 Å². The van der Waals surface area contributed by atoms with Gasteiger partial charge in [0.25, 0.3) is 0 Å². The van der Waals surface area contributed by atoms with Crippen molar-refractivity contribution in [1.29, 1.82) is 0 Å². The minimum Gasteiger partial charge on any atom is -0.491 e. The minimum absolute atomic E-state index is 0.147. The van der Waals surface area contributed by atoms with Crippen LogP contribution in [0.1, 0.15) is 19.4 Å². The highest BCUT2D eigenvalue weighted by Gasteiger charge is 2.22. The van der Waals surface area contributed by atoms with E-state index < -0.39 is 3.79 Å². The number of ether oxygens (including phenoxy) is 1. The third-order valence-corrected chi connectivity index (χ3v) is 2.21. The summed E-state index contributed by atoms with van der Waals surface area (Å²) in [7, 11) is 0. The van der Waals surface area contributed by atoms with E-state index in [1.54, 1.807) is 24.3 Å². The number of hydrogen-bond acceptors (Lipinski definition) is 1. The van der Waals surface area contributed by atoms with Gasteiger partial charge in [0.05, 0.1) is 6.10 Å². The fraction of sp³-hybridized carbons (Fsp3) is 0.400. The first kappa shape index (κ1) is 12.0. The first-order valence-corrected chi connectivity index (χ1v) is 5.37. The van der Waals surface area contributed by atoms with Crippen molar-refractivity contribution in [2.24, 2.45) is 0 Å². The molecule has 1 nitrogen and oxygen atoms in total. The molecule has 0 atom stereocenters. The van der Waals surface area contributed by atoms with Crippen LogP contribution in [0.4, 0.5) is 0 Å². The highest BCUT2D eigenvalue weighted by molar-refractivity contribution is 6.66. The molecule has 0 saturated carbocycles. The molecule has 78 valence electrons. The molecule has 0 radical (unpaired) electrons. The number of alkyl halides is 3. The largest absolute Gasteiger partial charge is 0.491 e. The lowest BCUT2D eigenvalue weighted by Gasteiger charge is -2.13. The fourth-order valence-electron chi connectivity index (χ4n) is 0.995. The summed E-state index contributed by atoms with van der Waals surface area (Å²) in [5.41, 5.74) is 0.638. The average molecular weight is 254 g/mol. The molecule has 0 heterocycles. The Morgan fingerprint density at radius 1 is 1.07 bits per heavy atom. The van der Waals surface area contributed by atoms with E-state index in [1.165, 1.54) is 0 Å². The Balaban J connectivity index is 2.79. The molecule has 0 spiro atoms. The summed E-state index contributed by atoms with van der Waals surface area (Å²) in [4.78, 5) is 0. The van der Waals surface area contributed by atoms with Crippen LogP contribution in [0.3, 0.4) is 0 Å². The van der Waals surface area contributed by atoms with E-state index in [9.17, 15) is 0 Å². The van der Waals surface area contributed by atoms with Gasteiger partial charge >= 0.3 is 0 Å². The first-order valence-electron chi connectivity index (χ1n) is 4.23. The SMILES string of the molecule is CC(C)Oc1ccc(C(Cl)(Cl)Cl)cc1. The average Bonchev–Trinajstić information content (AvgIpc) is 2.02. The zero-order valence-electron chi connectivity index (χ0n) is 7.93. The van der Waals surface area contributed by atoms with Crippen molar-refractivity contribution in [3.63, 3.8) is 0 Å². The van der Waals surface area contributed by atoms with Gasteiger partial charge in [-0.2, -0.15) is 0 Å². The van der Waals surface area contributed by atoms with Gasteiger partial charge in [0.2, 0.25) is 3.79 Å². The summed E-state index contributed by atoms with van der Waals surface area (Å²) < 4.78 is 4.09. The van der Waals surface area contributed by atoms with Gasteiger partial charge in [0.15, 0.2) is 0 Å². The smallest absolute Gasteiger partial charge is 0.216 e. The predicted octanol–water partition coefficient (Wildman–Crippen LogP) is 4.30. The maximum atomic E-state index is 5.71. The minimum atomic E-state index is -1.36. The maximum Gasteiger partial charge on any atom is 0.216 e. The van der Waals surface area contributed by atoms with Crippen LogP contribution in [0.5, 0.6) is 5.75 Å². The zero-order valence-corrected chi connectivity index (χ0v) is 10.2. The Labute approximate surface area is 98.9 Å². The van der Waals surface area contributed by atoms with Crippen molar-refractivity contribution in [1.82, 2.24) is 0 Å². The highest BCUT2D eigenvalue weighted by Crippen LogP contribution is 2.38. The topological polar surface area (TPSA) is 9.23 Å². The third kappa shape index (κ3) is 3.56. The Hall–Kier alpha value is -0.110. The van der Waals surface area contributed by atoms with Crippen molar-refractivity contribution >= 4 is 34.8 Å². The van der Waals surface area contributed by atoms with Crippen LogP contribution < -0.4 is 4.74 Å². The maximum absolute atomic E-state index is 5.71. The quantitative estimate of drug-likeness (QED) is 0.714. The Morgan fingerprint density at radius 2 is 1.57 bits per heavy atom. The molecule has 0 unspecified atom stereocenters. The number of hydrogen-bond donors (Lipinski definition) is 0. The molecule has 0 aliphatic carbocycles. The lowest BCUT2D eigenvalue weighted by atomic mass is 10.2. The Bertz CT molecular complexity index is 287. The summed E-state index contributed by atoms with van der Waals surface area (Å²) >= 11 is 17.1. The van der Waals surface area contributed by atoms with Gasteiger partial charge in [-0.15, -0.1) is 0 Å². The van der Waals surface area contributed by atoms with E-state index in [2.05, 4.69) is 0 Å². The molecule has 1 aromatic carbocycles. The van der Waals surface area contributed by atoms with Crippen LogP contribution in [-0.4, -0.2) is 6.10 Å². The summed E-state index contributed by atoms with van der Waals surface area (Å²) in [6.07, 6.45) is 0.147. The van der Waals surface area contributed by atoms with E-state index in [-0.39, 0.29) is 6.10 Å². The van der Waals surface area contributed by atoms with Gasteiger partial charge in [-0.3, -0.25) is 0 Å². The van der Waals surface area contributed by atoms with E-state index >= 15 is 0 Å². The van der Waals surface area contributed by atoms with Gasteiger partial charge in [-0.1, -0.05) is 46.9 Å². The monoisotopic (exact) mass is 252 g/mol. The van der Waals surface area contributed by atoms with Crippen LogP contribution in [0.2, 0.25) is 0 Å². The fourth-order valence-corrected chi connectivity index (χ4v) is 1.37. The lowest BCUT2D eigenvalue weighted by Crippen LogP contribution is -2.06. The molecule has 1 rings (SSSR count). The lowest BCUT2D eigenvalue weighted by molar-refractivity contribution is 0.242. The van der Waals surface area contributed by atoms with Crippen LogP contribution in [0.25, 0.3) is 0 Å². The van der Waals surface area contributed by atoms with Crippen LogP contribution in [0, 0.1) is 0 Å². The standard InChI is InChI=1S/C10H11Cl3O/c1-7(2)14-9-5-3-8(4-6-9)10(11,12)13/h3-7H,1-2H3. The molecule has 0 aliphatic rings. The van der Waals surface area contributed by atoms with Gasteiger partial charge in [0, 0.05) is 5.56 Å². The predicted molar refractivity (Wildman–Crippen MR) is 61.4 cm³/mol. The van der Waals surface area contributed by atoms with E-state index in [4.69, 9.17) is 39.5 Å². The van der Waals surface area contributed by atoms with Gasteiger partial charge in [0.1, 0.15) is 5.75 Å². The molecule has 14 heavy (non-hydrogen) atoms. The Morgan fingerprint density at radius 3 is 1.93 bits per heavy atom. The van der Waals surface area contributed by atoms with Gasteiger partial charge in [-0.25, -0.2) is 0 Å². The highest BCUT2D eigenvalue weighted by atomic mass is 35.6. The molecule has 4 heteroatoms. The second-order valence-electron chi connectivity index (χ2n) is 3.19. The third-order valence-electron chi connectivity index (χ3n) is 1.55. The molecule has 0 amide bonds. The molecular formula is C10H11Cl3O. The molecule has 0 fully saturated rings. The molecule has 0 aliphatic heterocycles. The Kier molecular flexibility index (Phi) is 3.94. The number of rotatable bonds is 2. The number of halogens is 3. The van der Waals surface area contributed by atoms with Crippen molar-refractivity contribution in [2.75, 3.05) is 0 Å².